The van der Waals surface area contributed by atoms with E-state index in [0.29, 0.717) is 6.42 Å². The standard InChI is InChI=1S/C8H11F5O2/c1-2-3-4-5(9)7(10,11)8(12,13)6(14)15/h5H,2-4H2,1H3,(H,14,15)/p-1. The van der Waals surface area contributed by atoms with Gasteiger partial charge in [-0.3, -0.25) is 0 Å². The Kier molecular flexibility index (Phi) is 4.48. The summed E-state index contributed by atoms with van der Waals surface area (Å²) in [5, 5.41) is 9.74. The summed E-state index contributed by atoms with van der Waals surface area (Å²) in [4.78, 5) is 9.74. The van der Waals surface area contributed by atoms with Gasteiger partial charge in [-0.05, 0) is 6.42 Å². The van der Waals surface area contributed by atoms with Crippen LogP contribution in [0.3, 0.4) is 0 Å². The highest BCUT2D eigenvalue weighted by atomic mass is 19.3. The lowest BCUT2D eigenvalue weighted by atomic mass is 10.0. The molecule has 0 N–H and O–H groups in total. The van der Waals surface area contributed by atoms with E-state index in [4.69, 9.17) is 0 Å². The molecule has 7 heteroatoms. The van der Waals surface area contributed by atoms with Gasteiger partial charge in [0.05, 0.1) is 0 Å². The van der Waals surface area contributed by atoms with Crippen LogP contribution in [0.4, 0.5) is 22.0 Å². The van der Waals surface area contributed by atoms with Crippen LogP contribution in [0.5, 0.6) is 0 Å². The first-order chi connectivity index (χ1) is 6.67. The number of aliphatic carboxylic acids is 1. The second-order valence-corrected chi connectivity index (χ2v) is 3.09. The van der Waals surface area contributed by atoms with E-state index in [1.807, 2.05) is 0 Å². The molecule has 0 fully saturated rings. The molecule has 0 aliphatic carbocycles. The van der Waals surface area contributed by atoms with E-state index in [1.54, 1.807) is 6.92 Å². The molecule has 2 nitrogen and oxygen atoms in total. The van der Waals surface area contributed by atoms with Gasteiger partial charge in [0.2, 0.25) is 0 Å². The lowest BCUT2D eigenvalue weighted by Gasteiger charge is -2.29. The van der Waals surface area contributed by atoms with Crippen LogP contribution in [0.1, 0.15) is 26.2 Å². The predicted molar refractivity (Wildman–Crippen MR) is 39.3 cm³/mol. The topological polar surface area (TPSA) is 40.1 Å². The zero-order chi connectivity index (χ0) is 12.3. The maximum Gasteiger partial charge on any atom is 0.352 e. The van der Waals surface area contributed by atoms with Crippen molar-refractivity contribution < 1.29 is 31.9 Å². The number of rotatable bonds is 6. The van der Waals surface area contributed by atoms with Crippen LogP contribution in [-0.2, 0) is 4.79 Å². The molecule has 0 radical (unpaired) electrons. The molecule has 0 aromatic carbocycles. The average molecular weight is 233 g/mol. The first-order valence-corrected chi connectivity index (χ1v) is 4.29. The van der Waals surface area contributed by atoms with Gasteiger partial charge in [-0.1, -0.05) is 19.8 Å². The third-order valence-electron chi connectivity index (χ3n) is 1.88. The summed E-state index contributed by atoms with van der Waals surface area (Å²) in [6.45, 7) is 1.56. The number of carbonyl (C=O) groups excluding carboxylic acids is 1. The largest absolute Gasteiger partial charge is 0.544 e. The van der Waals surface area contributed by atoms with Crippen molar-refractivity contribution >= 4 is 5.97 Å². The number of unbranched alkanes of at least 4 members (excludes halogenated alkanes) is 1. The molecule has 0 aliphatic rings. The van der Waals surface area contributed by atoms with E-state index in [-0.39, 0.29) is 6.42 Å². The van der Waals surface area contributed by atoms with Gasteiger partial charge in [0.25, 0.3) is 0 Å². The SMILES string of the molecule is CCCCC(F)C(F)(F)C(F)(F)C(=O)[O-]. The lowest BCUT2D eigenvalue weighted by Crippen LogP contribution is -2.57. The van der Waals surface area contributed by atoms with E-state index in [0.717, 1.165) is 0 Å². The van der Waals surface area contributed by atoms with Gasteiger partial charge in [0.15, 0.2) is 6.17 Å². The lowest BCUT2D eigenvalue weighted by molar-refractivity contribution is -0.353. The van der Waals surface area contributed by atoms with Gasteiger partial charge in [-0.25, -0.2) is 4.39 Å². The summed E-state index contributed by atoms with van der Waals surface area (Å²) < 4.78 is 62.6. The molecule has 0 aliphatic heterocycles. The van der Waals surface area contributed by atoms with Crippen LogP contribution in [0.25, 0.3) is 0 Å². The summed E-state index contributed by atoms with van der Waals surface area (Å²) in [5.74, 6) is -14.0. The Morgan fingerprint density at radius 2 is 1.80 bits per heavy atom. The summed E-state index contributed by atoms with van der Waals surface area (Å²) in [6, 6.07) is 0. The van der Waals surface area contributed by atoms with Crippen LogP contribution in [0.15, 0.2) is 0 Å². The molecule has 0 rings (SSSR count). The molecule has 0 saturated carbocycles. The maximum absolute atomic E-state index is 12.7. The van der Waals surface area contributed by atoms with Crippen molar-refractivity contribution in [3.8, 4) is 0 Å². The Morgan fingerprint density at radius 1 is 1.33 bits per heavy atom. The minimum absolute atomic E-state index is 0.0279. The molecule has 0 saturated heterocycles. The van der Waals surface area contributed by atoms with Crippen molar-refractivity contribution in [2.24, 2.45) is 0 Å². The van der Waals surface area contributed by atoms with E-state index in [9.17, 15) is 31.9 Å². The summed E-state index contributed by atoms with van der Waals surface area (Å²) in [5.41, 5.74) is 0. The van der Waals surface area contributed by atoms with Gasteiger partial charge in [0, 0.05) is 0 Å². The van der Waals surface area contributed by atoms with E-state index in [1.165, 1.54) is 0 Å². The number of hydrogen-bond donors (Lipinski definition) is 0. The quantitative estimate of drug-likeness (QED) is 0.653. The summed E-state index contributed by atoms with van der Waals surface area (Å²) in [6.07, 6.45) is -3.69. The zero-order valence-corrected chi connectivity index (χ0v) is 7.90. The third kappa shape index (κ3) is 2.79. The highest BCUT2D eigenvalue weighted by molar-refractivity contribution is 5.74. The highest BCUT2D eigenvalue weighted by Crippen LogP contribution is 2.39. The normalized spacial score (nSPS) is 15.1. The number of carboxylic acids is 1. The minimum atomic E-state index is -5.49. The van der Waals surface area contributed by atoms with Gasteiger partial charge < -0.3 is 9.90 Å². The molecule has 0 aromatic heterocycles. The monoisotopic (exact) mass is 233 g/mol. The van der Waals surface area contributed by atoms with Crippen LogP contribution >= 0.6 is 0 Å². The van der Waals surface area contributed by atoms with Crippen LogP contribution in [-0.4, -0.2) is 24.0 Å². The van der Waals surface area contributed by atoms with E-state index in [2.05, 4.69) is 0 Å². The molecule has 0 spiro atoms. The van der Waals surface area contributed by atoms with Gasteiger partial charge in [0.1, 0.15) is 5.97 Å². The van der Waals surface area contributed by atoms with Crippen molar-refractivity contribution in [3.05, 3.63) is 0 Å². The third-order valence-corrected chi connectivity index (χ3v) is 1.88. The number of carboxylic acid groups (broad SMARTS) is 1. The predicted octanol–water partition coefficient (Wildman–Crippen LogP) is 1.54. The highest BCUT2D eigenvalue weighted by Gasteiger charge is 2.62. The molecule has 0 bridgehead atoms. The van der Waals surface area contributed by atoms with Crippen molar-refractivity contribution in [1.82, 2.24) is 0 Å². The van der Waals surface area contributed by atoms with Crippen LogP contribution in [0.2, 0.25) is 0 Å². The molecule has 1 unspecified atom stereocenters. The van der Waals surface area contributed by atoms with Crippen molar-refractivity contribution in [2.45, 2.75) is 44.2 Å². The van der Waals surface area contributed by atoms with Gasteiger partial charge >= 0.3 is 11.8 Å². The number of alkyl halides is 5. The second-order valence-electron chi connectivity index (χ2n) is 3.09. The zero-order valence-electron chi connectivity index (χ0n) is 7.90. The number of halogens is 5. The van der Waals surface area contributed by atoms with Crippen LogP contribution < -0.4 is 5.11 Å². The molecule has 15 heavy (non-hydrogen) atoms. The van der Waals surface area contributed by atoms with E-state index < -0.39 is 30.4 Å². The number of hydrogen-bond acceptors (Lipinski definition) is 2. The fourth-order valence-electron chi connectivity index (χ4n) is 0.897. The number of carbonyl (C=O) groups is 1. The Hall–Kier alpha value is -0.880. The molecule has 0 amide bonds. The van der Waals surface area contributed by atoms with Gasteiger partial charge in [-0.15, -0.1) is 0 Å². The minimum Gasteiger partial charge on any atom is -0.544 e. The van der Waals surface area contributed by atoms with Crippen molar-refractivity contribution in [1.29, 1.82) is 0 Å². The maximum atomic E-state index is 12.7. The van der Waals surface area contributed by atoms with Crippen molar-refractivity contribution in [3.63, 3.8) is 0 Å². The average Bonchev–Trinajstić information content (AvgIpc) is 2.13. The Morgan fingerprint density at radius 3 is 2.13 bits per heavy atom. The van der Waals surface area contributed by atoms with Gasteiger partial charge in [-0.2, -0.15) is 17.6 Å². The molecule has 0 heterocycles. The van der Waals surface area contributed by atoms with Crippen molar-refractivity contribution in [2.75, 3.05) is 0 Å². The molecular formula is C8H10F5O2-. The van der Waals surface area contributed by atoms with E-state index >= 15 is 0 Å². The first-order valence-electron chi connectivity index (χ1n) is 4.29. The summed E-state index contributed by atoms with van der Waals surface area (Å²) >= 11 is 0. The Labute approximate surface area is 83.1 Å². The molecule has 0 aromatic rings. The fraction of sp³-hybridized carbons (Fsp3) is 0.875. The summed E-state index contributed by atoms with van der Waals surface area (Å²) in [7, 11) is 0. The fourth-order valence-corrected chi connectivity index (χ4v) is 0.897. The smallest absolute Gasteiger partial charge is 0.352 e. The second kappa shape index (κ2) is 4.76. The molecular weight excluding hydrogens is 223 g/mol. The molecule has 1 atom stereocenters. The Bertz CT molecular complexity index is 229. The Balaban J connectivity index is 4.71. The first kappa shape index (κ1) is 14.1. The van der Waals surface area contributed by atoms with Crippen LogP contribution in [0, 0.1) is 0 Å². The molecule has 90 valence electrons.